The molecule has 5 heteroatoms. The van der Waals surface area contributed by atoms with E-state index in [0.717, 1.165) is 48.3 Å². The highest BCUT2D eigenvalue weighted by atomic mass is 32.2. The van der Waals surface area contributed by atoms with Gasteiger partial charge in [0.25, 0.3) is 0 Å². The first kappa shape index (κ1) is 28.3. The molecule has 0 aromatic carbocycles. The van der Waals surface area contributed by atoms with E-state index in [1.54, 1.807) is 5.57 Å². The van der Waals surface area contributed by atoms with Crippen LogP contribution in [0.4, 0.5) is 0 Å². The van der Waals surface area contributed by atoms with Crippen molar-refractivity contribution in [1.82, 2.24) is 0 Å². The van der Waals surface area contributed by atoms with Gasteiger partial charge in [0.1, 0.15) is 22.2 Å². The number of carbonyl (C=O) groups excluding carboxylic acids is 1. The number of hydrogen-bond acceptors (Lipinski definition) is 4. The highest BCUT2D eigenvalue weighted by Crippen LogP contribution is 2.67. The van der Waals surface area contributed by atoms with E-state index in [2.05, 4.69) is 40.7 Å². The number of carbonyl (C=O) groups is 1. The number of thiol groups is 1. The number of hydrogen-bond donors (Lipinski definition) is 1. The summed E-state index contributed by atoms with van der Waals surface area (Å²) in [5.74, 6) is 5.09. The fourth-order valence-electron chi connectivity index (χ4n) is 9.37. The minimum atomic E-state index is -2.70. The van der Waals surface area contributed by atoms with E-state index in [-0.39, 0.29) is 12.5 Å². The van der Waals surface area contributed by atoms with Crippen LogP contribution in [0.3, 0.4) is 0 Å². The van der Waals surface area contributed by atoms with Crippen LogP contribution in [0.15, 0.2) is 11.6 Å². The zero-order chi connectivity index (χ0) is 26.1. The van der Waals surface area contributed by atoms with Crippen LogP contribution in [0.2, 0.25) is 0 Å². The Morgan fingerprint density at radius 1 is 1.03 bits per heavy atom. The summed E-state index contributed by atoms with van der Waals surface area (Å²) >= 11 is 0. The third-order valence-electron chi connectivity index (χ3n) is 11.5. The third-order valence-corrected chi connectivity index (χ3v) is 12.4. The van der Waals surface area contributed by atoms with Gasteiger partial charge in [0.2, 0.25) is 0 Å². The molecule has 3 saturated carbocycles. The minimum absolute atomic E-state index is 0.161. The summed E-state index contributed by atoms with van der Waals surface area (Å²) in [6.45, 7) is 12.8. The Balaban J connectivity index is 1.38. The van der Waals surface area contributed by atoms with E-state index in [0.29, 0.717) is 23.7 Å². The van der Waals surface area contributed by atoms with Crippen molar-refractivity contribution in [1.29, 1.82) is 0 Å². The van der Waals surface area contributed by atoms with Gasteiger partial charge < -0.3 is 9.53 Å². The summed E-state index contributed by atoms with van der Waals surface area (Å²) in [6, 6.07) is 0. The Kier molecular flexibility index (Phi) is 9.13. The predicted octanol–water partition coefficient (Wildman–Crippen LogP) is 6.98. The van der Waals surface area contributed by atoms with E-state index in [4.69, 9.17) is 4.74 Å². The zero-order valence-corrected chi connectivity index (χ0v) is 24.4. The van der Waals surface area contributed by atoms with Crippen molar-refractivity contribution in [2.24, 2.45) is 46.3 Å². The monoisotopic (exact) mass is 520 g/mol. The maximum Gasteiger partial charge on any atom is 0.149 e. The average molecular weight is 521 g/mol. The van der Waals surface area contributed by atoms with Crippen molar-refractivity contribution >= 4 is 17.0 Å². The van der Waals surface area contributed by atoms with Crippen LogP contribution in [0.5, 0.6) is 0 Å². The molecule has 0 N–H and O–H groups in total. The van der Waals surface area contributed by atoms with Crippen LogP contribution < -0.4 is 0 Å². The average Bonchev–Trinajstić information content (AvgIpc) is 3.18. The molecule has 4 aliphatic rings. The molecule has 0 aromatic rings. The Morgan fingerprint density at radius 2 is 1.81 bits per heavy atom. The third kappa shape index (κ3) is 5.53. The molecule has 0 aliphatic heterocycles. The van der Waals surface area contributed by atoms with Crippen LogP contribution >= 0.6 is 0 Å². The predicted molar refractivity (Wildman–Crippen MR) is 148 cm³/mol. The first-order valence-electron chi connectivity index (χ1n) is 15.0. The molecule has 0 saturated heterocycles. The van der Waals surface area contributed by atoms with Gasteiger partial charge in [-0.1, -0.05) is 65.5 Å². The zero-order valence-electron chi connectivity index (χ0n) is 23.5. The topological polar surface area (TPSA) is 60.4 Å². The molecular formula is C31H52O4S. The summed E-state index contributed by atoms with van der Waals surface area (Å²) in [4.78, 5) is 11.0. The smallest absolute Gasteiger partial charge is 0.149 e. The van der Waals surface area contributed by atoms with Crippen LogP contribution in [-0.4, -0.2) is 32.7 Å². The quantitative estimate of drug-likeness (QED) is 0.181. The fraction of sp³-hybridized carbons (Fsp3) is 0.903. The Labute approximate surface area is 222 Å². The van der Waals surface area contributed by atoms with Crippen molar-refractivity contribution < 1.29 is 17.9 Å². The lowest BCUT2D eigenvalue weighted by Crippen LogP contribution is -2.51. The lowest BCUT2D eigenvalue weighted by molar-refractivity contribution is -0.108. The van der Waals surface area contributed by atoms with Crippen molar-refractivity contribution in [3.63, 3.8) is 0 Å². The largest absolute Gasteiger partial charge is 0.378 e. The molecule has 3 fully saturated rings. The Bertz CT molecular complexity index is 870. The molecule has 36 heavy (non-hydrogen) atoms. The molecule has 0 amide bonds. The Morgan fingerprint density at radius 3 is 2.50 bits per heavy atom. The van der Waals surface area contributed by atoms with Gasteiger partial charge in [-0.05, 0) is 104 Å². The number of fused-ring (bicyclic) bond motifs is 5. The minimum Gasteiger partial charge on any atom is -0.378 e. The SMILES string of the molecule is CC(C)CCC[C@@H](C)[C@H]1CC[C@H]2[C@@H]3CC=C4C[C@@H](OCCC(C=O)[SH](=O)=O)CC[C@]4(C)[C@H]3CC[C@]12C. The number of rotatable bonds is 11. The summed E-state index contributed by atoms with van der Waals surface area (Å²) in [5.41, 5.74) is 2.43. The van der Waals surface area contributed by atoms with Gasteiger partial charge in [-0.3, -0.25) is 0 Å². The maximum atomic E-state index is 11.1. The molecule has 4 nitrogen and oxygen atoms in total. The van der Waals surface area contributed by atoms with E-state index in [1.807, 2.05) is 0 Å². The van der Waals surface area contributed by atoms with E-state index in [9.17, 15) is 13.2 Å². The maximum absolute atomic E-state index is 11.1. The van der Waals surface area contributed by atoms with E-state index in [1.165, 1.54) is 57.8 Å². The molecule has 206 valence electrons. The number of ether oxygens (including phenoxy) is 1. The first-order valence-corrected chi connectivity index (χ1v) is 16.2. The van der Waals surface area contributed by atoms with Gasteiger partial charge in [-0.15, -0.1) is 0 Å². The lowest BCUT2D eigenvalue weighted by atomic mass is 9.47. The summed E-state index contributed by atoms with van der Waals surface area (Å²) in [5, 5.41) is -0.909. The van der Waals surface area contributed by atoms with Gasteiger partial charge in [-0.25, -0.2) is 8.42 Å². The summed E-state index contributed by atoms with van der Waals surface area (Å²) in [7, 11) is -2.70. The molecule has 0 radical (unpaired) electrons. The van der Waals surface area contributed by atoms with Gasteiger partial charge in [0, 0.05) is 6.61 Å². The van der Waals surface area contributed by atoms with Crippen LogP contribution in [-0.2, 0) is 20.2 Å². The van der Waals surface area contributed by atoms with Crippen LogP contribution in [0.1, 0.15) is 112 Å². The molecule has 0 bridgehead atoms. The highest BCUT2D eigenvalue weighted by molar-refractivity contribution is 7.74. The second-order valence-electron chi connectivity index (χ2n) is 13.8. The molecule has 4 rings (SSSR count). The molecule has 0 heterocycles. The summed E-state index contributed by atoms with van der Waals surface area (Å²) in [6.07, 6.45) is 17.8. The van der Waals surface area contributed by atoms with Gasteiger partial charge in [0.05, 0.1) is 6.10 Å². The second-order valence-corrected chi connectivity index (χ2v) is 15.0. The molecule has 1 unspecified atom stereocenters. The molecule has 0 spiro atoms. The molecular weight excluding hydrogens is 468 g/mol. The molecule has 0 aromatic heterocycles. The van der Waals surface area contributed by atoms with Crippen molar-refractivity contribution in [2.45, 2.75) is 123 Å². The normalized spacial score (nSPS) is 39.8. The van der Waals surface area contributed by atoms with Gasteiger partial charge in [-0.2, -0.15) is 0 Å². The first-order chi connectivity index (χ1) is 17.1. The molecule has 9 atom stereocenters. The molecule has 4 aliphatic carbocycles. The standard InChI is InChI=1S/C31H52O4S/c1-21(2)7-6-8-22(3)27-11-12-28-26-10-9-23-19-24(35-18-15-25(20-32)36(33)34)13-16-30(23,4)29(26)14-17-31(27,28)5/h9,20-22,24-29,36H,6-8,10-19H2,1-5H3/t22-,24+,25?,26+,27-,28+,29+,30+,31-/m1/s1. The van der Waals surface area contributed by atoms with Gasteiger partial charge in [0.15, 0.2) is 0 Å². The highest BCUT2D eigenvalue weighted by Gasteiger charge is 2.59. The number of allylic oxidation sites excluding steroid dienone is 1. The van der Waals surface area contributed by atoms with E-state index < -0.39 is 16.0 Å². The Hall–Kier alpha value is -0.680. The van der Waals surface area contributed by atoms with E-state index >= 15 is 0 Å². The number of aldehydes is 1. The van der Waals surface area contributed by atoms with Crippen LogP contribution in [0.25, 0.3) is 0 Å². The van der Waals surface area contributed by atoms with Gasteiger partial charge >= 0.3 is 0 Å². The van der Waals surface area contributed by atoms with Crippen LogP contribution in [0, 0.1) is 46.3 Å². The van der Waals surface area contributed by atoms with Crippen molar-refractivity contribution in [3.05, 3.63) is 11.6 Å². The fourth-order valence-corrected chi connectivity index (χ4v) is 9.79. The summed E-state index contributed by atoms with van der Waals surface area (Å²) < 4.78 is 28.4. The lowest BCUT2D eigenvalue weighted by Gasteiger charge is -2.58. The van der Waals surface area contributed by atoms with Crippen molar-refractivity contribution in [3.8, 4) is 0 Å². The second kappa shape index (κ2) is 11.6. The van der Waals surface area contributed by atoms with Crippen molar-refractivity contribution in [2.75, 3.05) is 6.61 Å².